The molecule has 0 aromatic heterocycles. The van der Waals surface area contributed by atoms with E-state index >= 15 is 0 Å². The summed E-state index contributed by atoms with van der Waals surface area (Å²) in [5.74, 6) is 0.0138. The summed E-state index contributed by atoms with van der Waals surface area (Å²) >= 11 is 0. The van der Waals surface area contributed by atoms with E-state index in [-0.39, 0.29) is 5.91 Å². The van der Waals surface area contributed by atoms with Crippen molar-refractivity contribution in [2.45, 2.75) is 6.04 Å². The Kier molecular flexibility index (Phi) is 2.52. The number of anilines is 1. The maximum atomic E-state index is 12.3. The summed E-state index contributed by atoms with van der Waals surface area (Å²) in [5, 5.41) is 4.56. The molecule has 18 heavy (non-hydrogen) atoms. The van der Waals surface area contributed by atoms with Crippen LogP contribution < -0.4 is 10.2 Å². The third-order valence-corrected chi connectivity index (χ3v) is 3.19. The quantitative estimate of drug-likeness (QED) is 0.750. The minimum Gasteiger partial charge on any atom is -0.311 e. The number of hydrogen-bond acceptors (Lipinski definition) is 1. The lowest BCUT2D eigenvalue weighted by Gasteiger charge is -2.31. The fourth-order valence-electron chi connectivity index (χ4n) is 2.21. The lowest BCUT2D eigenvalue weighted by atomic mass is 10.0. The molecule has 1 atom stereocenters. The van der Waals surface area contributed by atoms with Crippen molar-refractivity contribution in [3.63, 3.8) is 0 Å². The van der Waals surface area contributed by atoms with Crippen LogP contribution >= 0.6 is 0 Å². The van der Waals surface area contributed by atoms with Crippen LogP contribution in [0.15, 0.2) is 54.6 Å². The summed E-state index contributed by atoms with van der Waals surface area (Å²) in [6, 6.07) is 17.0. The van der Waals surface area contributed by atoms with E-state index in [0.717, 1.165) is 16.9 Å². The van der Waals surface area contributed by atoms with E-state index < -0.39 is 6.04 Å². The van der Waals surface area contributed by atoms with Crippen LogP contribution in [0.3, 0.4) is 0 Å². The first-order valence-electron chi connectivity index (χ1n) is 5.90. The fraction of sp³-hybridized carbons (Fsp3) is 0.133. The molecule has 2 aromatic rings. The van der Waals surface area contributed by atoms with Crippen LogP contribution in [-0.2, 0) is 4.79 Å². The topological polar surface area (TPSA) is 34.4 Å². The van der Waals surface area contributed by atoms with Crippen molar-refractivity contribution in [2.75, 3.05) is 11.9 Å². The number of rotatable bonds is 1. The Balaban J connectivity index is 2.04. The Morgan fingerprint density at radius 2 is 1.67 bits per heavy atom. The predicted molar refractivity (Wildman–Crippen MR) is 70.8 cm³/mol. The Hall–Kier alpha value is -2.29. The van der Waals surface area contributed by atoms with Crippen LogP contribution in [0, 0.1) is 0 Å². The van der Waals surface area contributed by atoms with Crippen LogP contribution in [0.5, 0.6) is 0 Å². The first kappa shape index (κ1) is 10.8. The third kappa shape index (κ3) is 1.64. The number of hydrogen-bond donors (Lipinski definition) is 0. The Bertz CT molecular complexity index is 580. The second kappa shape index (κ2) is 4.18. The van der Waals surface area contributed by atoms with Crippen LogP contribution in [0.4, 0.5) is 11.4 Å². The van der Waals surface area contributed by atoms with Crippen LogP contribution in [0.25, 0.3) is 0 Å². The molecule has 1 heterocycles. The van der Waals surface area contributed by atoms with E-state index in [0.29, 0.717) is 0 Å². The smallest absolute Gasteiger partial charge is 0.256 e. The minimum absolute atomic E-state index is 0.0138. The molecule has 0 saturated carbocycles. The van der Waals surface area contributed by atoms with E-state index in [1.807, 2.05) is 54.6 Å². The van der Waals surface area contributed by atoms with Gasteiger partial charge >= 0.3 is 0 Å². The van der Waals surface area contributed by atoms with Gasteiger partial charge in [0, 0.05) is 7.05 Å². The van der Waals surface area contributed by atoms with E-state index in [1.165, 1.54) is 0 Å². The number of carbonyl (C=O) groups excluding carboxylic acids is 1. The van der Waals surface area contributed by atoms with Gasteiger partial charge in [-0.1, -0.05) is 42.5 Å². The van der Waals surface area contributed by atoms with Gasteiger partial charge in [0.15, 0.2) is 6.04 Å². The molecule has 3 nitrogen and oxygen atoms in total. The van der Waals surface area contributed by atoms with Crippen molar-refractivity contribution in [1.29, 1.82) is 0 Å². The monoisotopic (exact) mass is 237 g/mol. The average molecular weight is 237 g/mol. The van der Waals surface area contributed by atoms with Gasteiger partial charge in [-0.3, -0.25) is 10.1 Å². The summed E-state index contributed by atoms with van der Waals surface area (Å²) in [4.78, 5) is 14.0. The zero-order chi connectivity index (χ0) is 12.5. The number of carbonyl (C=O) groups is 1. The Morgan fingerprint density at radius 1 is 1.00 bits per heavy atom. The van der Waals surface area contributed by atoms with Gasteiger partial charge in [0.05, 0.1) is 11.4 Å². The van der Waals surface area contributed by atoms with Gasteiger partial charge in [-0.25, -0.2) is 0 Å². The molecule has 0 aliphatic carbocycles. The normalized spacial score (nSPS) is 18.2. The molecule has 1 aliphatic rings. The van der Waals surface area contributed by atoms with Gasteiger partial charge in [-0.05, 0) is 17.7 Å². The summed E-state index contributed by atoms with van der Waals surface area (Å²) in [5.41, 5.74) is 2.67. The van der Waals surface area contributed by atoms with Gasteiger partial charge in [0.1, 0.15) is 0 Å². The van der Waals surface area contributed by atoms with Crippen LogP contribution in [0.2, 0.25) is 0 Å². The molecule has 1 unspecified atom stereocenters. The predicted octanol–water partition coefficient (Wildman–Crippen LogP) is 2.64. The van der Waals surface area contributed by atoms with Crippen molar-refractivity contribution >= 4 is 17.3 Å². The molecule has 1 radical (unpaired) electrons. The second-order valence-corrected chi connectivity index (χ2v) is 4.33. The zero-order valence-electron chi connectivity index (χ0n) is 10.1. The third-order valence-electron chi connectivity index (χ3n) is 3.19. The number of nitrogens with zero attached hydrogens (tertiary/aromatic N) is 2. The van der Waals surface area contributed by atoms with Gasteiger partial charge in [-0.15, -0.1) is 0 Å². The largest absolute Gasteiger partial charge is 0.311 e. The highest BCUT2D eigenvalue weighted by Gasteiger charge is 2.32. The maximum Gasteiger partial charge on any atom is 0.256 e. The minimum atomic E-state index is -0.425. The first-order valence-corrected chi connectivity index (χ1v) is 5.90. The Labute approximate surface area is 106 Å². The highest BCUT2D eigenvalue weighted by atomic mass is 16.2. The van der Waals surface area contributed by atoms with E-state index in [4.69, 9.17) is 0 Å². The average Bonchev–Trinajstić information content (AvgIpc) is 2.44. The molecule has 0 N–H and O–H groups in total. The molecular weight excluding hydrogens is 224 g/mol. The van der Waals surface area contributed by atoms with Gasteiger partial charge in [0.2, 0.25) is 0 Å². The fourth-order valence-corrected chi connectivity index (χ4v) is 2.21. The molecule has 1 aliphatic heterocycles. The summed E-state index contributed by atoms with van der Waals surface area (Å²) in [6.45, 7) is 0. The van der Waals surface area contributed by atoms with Gasteiger partial charge in [-0.2, -0.15) is 0 Å². The summed E-state index contributed by atoms with van der Waals surface area (Å²) in [6.07, 6.45) is 0. The van der Waals surface area contributed by atoms with Crippen molar-refractivity contribution in [2.24, 2.45) is 0 Å². The van der Waals surface area contributed by atoms with Gasteiger partial charge < -0.3 is 4.90 Å². The molecule has 0 bridgehead atoms. The number of likely N-dealkylation sites (N-methyl/N-ethyl adjacent to an activating group) is 1. The molecular formula is C15H13N2O. The molecule has 2 aromatic carbocycles. The van der Waals surface area contributed by atoms with Crippen molar-refractivity contribution in [3.05, 3.63) is 60.2 Å². The Morgan fingerprint density at radius 3 is 2.44 bits per heavy atom. The highest BCUT2D eigenvalue weighted by molar-refractivity contribution is 6.02. The zero-order valence-corrected chi connectivity index (χ0v) is 10.1. The van der Waals surface area contributed by atoms with Gasteiger partial charge in [0.25, 0.3) is 5.91 Å². The number of para-hydroxylation sites is 2. The van der Waals surface area contributed by atoms with Crippen LogP contribution in [-0.4, -0.2) is 13.0 Å². The SMILES string of the molecule is CN1C(=O)C(c2ccccc2)[N]c2ccccc21. The lowest BCUT2D eigenvalue weighted by molar-refractivity contribution is -0.120. The molecule has 0 saturated heterocycles. The molecule has 89 valence electrons. The molecule has 0 fully saturated rings. The lowest BCUT2D eigenvalue weighted by Crippen LogP contribution is -2.39. The van der Waals surface area contributed by atoms with E-state index in [2.05, 4.69) is 5.32 Å². The molecule has 0 spiro atoms. The summed E-state index contributed by atoms with van der Waals surface area (Å²) in [7, 11) is 1.80. The molecule has 3 heteroatoms. The van der Waals surface area contributed by atoms with E-state index in [1.54, 1.807) is 11.9 Å². The number of amides is 1. The maximum absolute atomic E-state index is 12.3. The molecule has 3 rings (SSSR count). The molecule has 1 amide bonds. The number of benzene rings is 2. The van der Waals surface area contributed by atoms with Crippen LogP contribution in [0.1, 0.15) is 11.6 Å². The standard InChI is InChI=1S/C15H13N2O/c1-17-13-10-6-5-9-12(13)16-14(15(17)18)11-7-3-2-4-8-11/h2-10,14H,1H3. The second-order valence-electron chi connectivity index (χ2n) is 4.33. The van der Waals surface area contributed by atoms with E-state index in [9.17, 15) is 4.79 Å². The highest BCUT2D eigenvalue weighted by Crippen LogP contribution is 2.35. The first-order chi connectivity index (χ1) is 8.77. The van der Waals surface area contributed by atoms with Crippen molar-refractivity contribution < 1.29 is 4.79 Å². The van der Waals surface area contributed by atoms with Crippen molar-refractivity contribution in [3.8, 4) is 0 Å². The number of fused-ring (bicyclic) bond motifs is 1. The summed E-state index contributed by atoms with van der Waals surface area (Å²) < 4.78 is 0. The van der Waals surface area contributed by atoms with Crippen molar-refractivity contribution in [1.82, 2.24) is 5.32 Å².